The zero-order valence-electron chi connectivity index (χ0n) is 13.3. The van der Waals surface area contributed by atoms with Gasteiger partial charge in [-0.25, -0.2) is 19.4 Å². The molecule has 0 aliphatic rings. The van der Waals surface area contributed by atoms with Crippen molar-refractivity contribution in [2.75, 3.05) is 5.32 Å². The number of carboxylic acid groups (broad SMARTS) is 1. The summed E-state index contributed by atoms with van der Waals surface area (Å²) in [5, 5.41) is 15.0. The first-order valence-electron chi connectivity index (χ1n) is 7.29. The molecule has 2 aromatic rings. The summed E-state index contributed by atoms with van der Waals surface area (Å²) in [6.45, 7) is 1.43. The van der Waals surface area contributed by atoms with Gasteiger partial charge in [-0.3, -0.25) is 0 Å². The van der Waals surface area contributed by atoms with E-state index >= 15 is 0 Å². The second kappa shape index (κ2) is 8.44. The largest absolute Gasteiger partial charge is 0.479 e. The maximum atomic E-state index is 12.8. The molecule has 0 aliphatic carbocycles. The molecule has 2 amide bonds. The number of urea groups is 1. The Morgan fingerprint density at radius 1 is 1.16 bits per heavy atom. The number of hydrazone groups is 1. The molecule has 0 spiro atoms. The highest BCUT2D eigenvalue weighted by Gasteiger charge is 2.11. The summed E-state index contributed by atoms with van der Waals surface area (Å²) < 4.78 is 18.0. The number of anilines is 1. The van der Waals surface area contributed by atoms with Crippen molar-refractivity contribution in [3.8, 4) is 5.75 Å². The number of benzene rings is 2. The number of amides is 2. The molecule has 2 rings (SSSR count). The number of aliphatic carboxylic acids is 1. The third-order valence-corrected chi connectivity index (χ3v) is 3.02. The Kier molecular flexibility index (Phi) is 6.05. The lowest BCUT2D eigenvalue weighted by Crippen LogP contribution is -2.24. The lowest BCUT2D eigenvalue weighted by molar-refractivity contribution is -0.144. The standard InChI is InChI=1S/C17H16FN3O4/c1-11(16(22)23)25-15-8-2-12(3-9-15)10-19-21-17(24)20-14-6-4-13(18)5-7-14/h2-11H,1H3,(H,22,23)(H2,20,21,24)/b19-10+/t11-/m0/s1. The van der Waals surface area contributed by atoms with Crippen molar-refractivity contribution in [1.29, 1.82) is 0 Å². The monoisotopic (exact) mass is 345 g/mol. The first kappa shape index (κ1) is 17.9. The summed E-state index contributed by atoms with van der Waals surface area (Å²) in [6, 6.07) is 11.3. The van der Waals surface area contributed by atoms with Gasteiger partial charge in [0, 0.05) is 5.69 Å². The summed E-state index contributed by atoms with van der Waals surface area (Å²) in [5.74, 6) is -1.04. The Morgan fingerprint density at radius 3 is 2.40 bits per heavy atom. The van der Waals surface area contributed by atoms with Crippen molar-refractivity contribution in [3.63, 3.8) is 0 Å². The SMILES string of the molecule is C[C@H](Oc1ccc(/C=N/NC(=O)Nc2ccc(F)cc2)cc1)C(=O)O. The van der Waals surface area contributed by atoms with Crippen molar-refractivity contribution in [3.05, 3.63) is 59.9 Å². The van der Waals surface area contributed by atoms with Crippen molar-refractivity contribution >= 4 is 23.9 Å². The number of hydrogen-bond donors (Lipinski definition) is 3. The Bertz CT molecular complexity index is 760. The van der Waals surface area contributed by atoms with Crippen LogP contribution in [0.3, 0.4) is 0 Å². The Labute approximate surface area is 143 Å². The molecule has 0 heterocycles. The summed E-state index contributed by atoms with van der Waals surface area (Å²) in [5.41, 5.74) is 3.38. The number of rotatable bonds is 6. The normalized spacial score (nSPS) is 11.8. The second-order valence-electron chi connectivity index (χ2n) is 5.00. The molecule has 0 aliphatic heterocycles. The van der Waals surface area contributed by atoms with E-state index in [1.54, 1.807) is 24.3 Å². The van der Waals surface area contributed by atoms with Gasteiger partial charge in [0.25, 0.3) is 0 Å². The third-order valence-electron chi connectivity index (χ3n) is 3.02. The molecular weight excluding hydrogens is 329 g/mol. The molecule has 0 fully saturated rings. The number of nitrogens with zero attached hydrogens (tertiary/aromatic N) is 1. The van der Waals surface area contributed by atoms with Gasteiger partial charge in [-0.1, -0.05) is 0 Å². The van der Waals surface area contributed by atoms with Gasteiger partial charge in [-0.2, -0.15) is 5.10 Å². The molecular formula is C17H16FN3O4. The first-order valence-corrected chi connectivity index (χ1v) is 7.29. The minimum Gasteiger partial charge on any atom is -0.479 e. The minimum atomic E-state index is -1.05. The van der Waals surface area contributed by atoms with Crippen LogP contribution >= 0.6 is 0 Å². The Morgan fingerprint density at radius 2 is 1.80 bits per heavy atom. The molecule has 3 N–H and O–H groups in total. The van der Waals surface area contributed by atoms with E-state index in [-0.39, 0.29) is 0 Å². The van der Waals surface area contributed by atoms with E-state index in [1.165, 1.54) is 37.4 Å². The van der Waals surface area contributed by atoms with Gasteiger partial charge in [0.15, 0.2) is 6.10 Å². The Hall–Kier alpha value is -3.42. The highest BCUT2D eigenvalue weighted by atomic mass is 19.1. The second-order valence-corrected chi connectivity index (χ2v) is 5.00. The average molecular weight is 345 g/mol. The van der Waals surface area contributed by atoms with Gasteiger partial charge >= 0.3 is 12.0 Å². The number of halogens is 1. The fourth-order valence-corrected chi connectivity index (χ4v) is 1.74. The van der Waals surface area contributed by atoms with E-state index in [4.69, 9.17) is 9.84 Å². The summed E-state index contributed by atoms with van der Waals surface area (Å²) >= 11 is 0. The minimum absolute atomic E-state index is 0.394. The maximum absolute atomic E-state index is 12.8. The molecule has 0 radical (unpaired) electrons. The molecule has 130 valence electrons. The predicted octanol–water partition coefficient (Wildman–Crippen LogP) is 2.83. The molecule has 0 bridgehead atoms. The van der Waals surface area contributed by atoms with Crippen LogP contribution in [0.1, 0.15) is 12.5 Å². The van der Waals surface area contributed by atoms with Crippen molar-refractivity contribution in [2.24, 2.45) is 5.10 Å². The lowest BCUT2D eigenvalue weighted by Gasteiger charge is -2.09. The van der Waals surface area contributed by atoms with Crippen LogP contribution in [0.15, 0.2) is 53.6 Å². The number of carboxylic acids is 1. The highest BCUT2D eigenvalue weighted by Crippen LogP contribution is 2.13. The van der Waals surface area contributed by atoms with Crippen LogP contribution < -0.4 is 15.5 Å². The molecule has 0 aromatic heterocycles. The van der Waals surface area contributed by atoms with E-state index in [0.717, 1.165) is 0 Å². The van der Waals surface area contributed by atoms with E-state index in [9.17, 15) is 14.0 Å². The van der Waals surface area contributed by atoms with Crippen LogP contribution in [0.2, 0.25) is 0 Å². The molecule has 0 saturated carbocycles. The number of carbonyl (C=O) groups excluding carboxylic acids is 1. The number of nitrogens with one attached hydrogen (secondary N) is 2. The third kappa shape index (κ3) is 5.94. The summed E-state index contributed by atoms with van der Waals surface area (Å²) in [6.07, 6.45) is 0.464. The molecule has 8 heteroatoms. The zero-order valence-corrected chi connectivity index (χ0v) is 13.3. The topological polar surface area (TPSA) is 100 Å². The summed E-state index contributed by atoms with van der Waals surface area (Å²) in [7, 11) is 0. The smallest absolute Gasteiger partial charge is 0.344 e. The van der Waals surface area contributed by atoms with Crippen LogP contribution in [-0.4, -0.2) is 29.4 Å². The average Bonchev–Trinajstić information content (AvgIpc) is 2.58. The van der Waals surface area contributed by atoms with Crippen LogP contribution in [0.4, 0.5) is 14.9 Å². The first-order chi connectivity index (χ1) is 11.9. The van der Waals surface area contributed by atoms with Crippen LogP contribution in [0.25, 0.3) is 0 Å². The molecule has 7 nitrogen and oxygen atoms in total. The van der Waals surface area contributed by atoms with Gasteiger partial charge in [0.1, 0.15) is 11.6 Å². The van der Waals surface area contributed by atoms with E-state index in [1.807, 2.05) is 0 Å². The highest BCUT2D eigenvalue weighted by molar-refractivity contribution is 5.90. The lowest BCUT2D eigenvalue weighted by atomic mass is 10.2. The number of hydrogen-bond acceptors (Lipinski definition) is 4. The molecule has 2 aromatic carbocycles. The van der Waals surface area contributed by atoms with Crippen molar-refractivity contribution < 1.29 is 23.8 Å². The van der Waals surface area contributed by atoms with Crippen molar-refractivity contribution in [1.82, 2.24) is 5.43 Å². The molecule has 1 atom stereocenters. The fraction of sp³-hybridized carbons (Fsp3) is 0.118. The van der Waals surface area contributed by atoms with E-state index in [2.05, 4.69) is 15.8 Å². The zero-order chi connectivity index (χ0) is 18.2. The van der Waals surface area contributed by atoms with Crippen LogP contribution in [0.5, 0.6) is 5.75 Å². The molecule has 25 heavy (non-hydrogen) atoms. The number of ether oxygens (including phenoxy) is 1. The summed E-state index contributed by atoms with van der Waals surface area (Å²) in [4.78, 5) is 22.3. The van der Waals surface area contributed by atoms with Crippen LogP contribution in [0, 0.1) is 5.82 Å². The van der Waals surface area contributed by atoms with E-state index in [0.29, 0.717) is 17.0 Å². The van der Waals surface area contributed by atoms with Gasteiger partial charge < -0.3 is 15.2 Å². The van der Waals surface area contributed by atoms with Gasteiger partial charge in [-0.15, -0.1) is 0 Å². The number of carbonyl (C=O) groups is 2. The van der Waals surface area contributed by atoms with Crippen molar-refractivity contribution in [2.45, 2.75) is 13.0 Å². The maximum Gasteiger partial charge on any atom is 0.344 e. The van der Waals surface area contributed by atoms with E-state index < -0.39 is 23.9 Å². The molecule has 0 unspecified atom stereocenters. The van der Waals surface area contributed by atoms with Gasteiger partial charge in [0.2, 0.25) is 0 Å². The predicted molar refractivity (Wildman–Crippen MR) is 90.3 cm³/mol. The molecule has 0 saturated heterocycles. The Balaban J connectivity index is 1.83. The van der Waals surface area contributed by atoms with Gasteiger partial charge in [-0.05, 0) is 61.0 Å². The fourth-order valence-electron chi connectivity index (χ4n) is 1.74. The van der Waals surface area contributed by atoms with Crippen LogP contribution in [-0.2, 0) is 4.79 Å². The van der Waals surface area contributed by atoms with Gasteiger partial charge in [0.05, 0.1) is 6.21 Å². The quantitative estimate of drug-likeness (QED) is 0.553.